The molecule has 1 aromatic rings. The molecule has 0 N–H and O–H groups in total. The van der Waals surface area contributed by atoms with Crippen LogP contribution in [0.5, 0.6) is 11.5 Å². The molecule has 35 heavy (non-hydrogen) atoms. The van der Waals surface area contributed by atoms with E-state index in [9.17, 15) is 8.42 Å². The minimum Gasteiger partial charge on any atom is -0.493 e. The Balaban J connectivity index is 1.48. The van der Waals surface area contributed by atoms with Gasteiger partial charge in [0.15, 0.2) is 11.5 Å². The van der Waals surface area contributed by atoms with Crippen LogP contribution in [0.15, 0.2) is 12.1 Å². The van der Waals surface area contributed by atoms with Crippen LogP contribution in [-0.2, 0) is 30.9 Å². The second kappa shape index (κ2) is 8.33. The summed E-state index contributed by atoms with van der Waals surface area (Å²) >= 11 is 0. The third-order valence-corrected chi connectivity index (χ3v) is 10.1. The van der Waals surface area contributed by atoms with Gasteiger partial charge in [-0.15, -0.1) is 0 Å². The van der Waals surface area contributed by atoms with Gasteiger partial charge in [-0.1, -0.05) is 13.0 Å². The van der Waals surface area contributed by atoms with Crippen molar-refractivity contribution in [1.82, 2.24) is 4.90 Å². The molecule has 194 valence electrons. The average molecular weight is 506 g/mol. The first kappa shape index (κ1) is 24.0. The lowest BCUT2D eigenvalue weighted by Gasteiger charge is -2.46. The van der Waals surface area contributed by atoms with Crippen molar-refractivity contribution in [3.63, 3.8) is 0 Å². The summed E-state index contributed by atoms with van der Waals surface area (Å²) in [6.45, 7) is 4.60. The highest BCUT2D eigenvalue weighted by atomic mass is 32.2. The van der Waals surface area contributed by atoms with Crippen LogP contribution in [0.3, 0.4) is 0 Å². The van der Waals surface area contributed by atoms with Crippen LogP contribution in [0.2, 0.25) is 0 Å². The van der Waals surface area contributed by atoms with Gasteiger partial charge in [0.1, 0.15) is 6.10 Å². The molecule has 5 aliphatic rings. The lowest BCUT2D eigenvalue weighted by Crippen LogP contribution is -2.52. The second-order valence-corrected chi connectivity index (χ2v) is 13.9. The molecule has 1 saturated heterocycles. The maximum atomic E-state index is 12.0. The van der Waals surface area contributed by atoms with Gasteiger partial charge in [-0.05, 0) is 80.4 Å². The molecule has 1 spiro atoms. The standard InChI is InChI=1S/C27H39NO6S/c1-26(16-33-35(4,29)30)12-19-13-27-9-10-28(15-17-5-6-17)20(19)11-18-7-8-21(31-2)24(23(18)27)34-25(27)22(14-26)32-3/h7-8,17,19-20,22,25H,5-6,9-16H2,1-4H3. The largest absolute Gasteiger partial charge is 0.493 e. The summed E-state index contributed by atoms with van der Waals surface area (Å²) in [5.41, 5.74) is 2.30. The van der Waals surface area contributed by atoms with Gasteiger partial charge in [-0.3, -0.25) is 9.08 Å². The van der Waals surface area contributed by atoms with E-state index in [1.807, 2.05) is 0 Å². The molecular weight excluding hydrogens is 466 g/mol. The van der Waals surface area contributed by atoms with E-state index in [0.29, 0.717) is 18.4 Å². The van der Waals surface area contributed by atoms with Crippen molar-refractivity contribution in [1.29, 1.82) is 0 Å². The van der Waals surface area contributed by atoms with Crippen LogP contribution in [-0.4, -0.2) is 71.7 Å². The molecule has 1 aromatic carbocycles. The van der Waals surface area contributed by atoms with E-state index in [1.54, 1.807) is 14.2 Å². The summed E-state index contributed by atoms with van der Waals surface area (Å²) in [7, 11) is -0.0519. The minimum atomic E-state index is -3.53. The van der Waals surface area contributed by atoms with Crippen LogP contribution in [0.4, 0.5) is 0 Å². The maximum absolute atomic E-state index is 12.0. The normalized spacial score (nSPS) is 38.3. The quantitative estimate of drug-likeness (QED) is 0.525. The fourth-order valence-electron chi connectivity index (χ4n) is 7.88. The lowest BCUT2D eigenvalue weighted by atomic mass is 9.61. The van der Waals surface area contributed by atoms with Crippen LogP contribution < -0.4 is 9.47 Å². The van der Waals surface area contributed by atoms with Gasteiger partial charge >= 0.3 is 0 Å². The van der Waals surface area contributed by atoms with Crippen LogP contribution in [0, 0.1) is 17.3 Å². The van der Waals surface area contributed by atoms with Crippen molar-refractivity contribution in [2.75, 3.05) is 40.2 Å². The Bertz CT molecular complexity index is 1100. The van der Waals surface area contributed by atoms with Crippen molar-refractivity contribution >= 4 is 10.1 Å². The number of rotatable bonds is 7. The number of nitrogens with zero attached hydrogens (tertiary/aromatic N) is 1. The predicted octanol–water partition coefficient (Wildman–Crippen LogP) is 3.53. The molecule has 7 nitrogen and oxygen atoms in total. The Hall–Kier alpha value is -1.35. The molecular formula is C27H39NO6S. The zero-order valence-electron chi connectivity index (χ0n) is 21.4. The number of ether oxygens (including phenoxy) is 3. The predicted molar refractivity (Wildman–Crippen MR) is 133 cm³/mol. The van der Waals surface area contributed by atoms with Crippen LogP contribution in [0.1, 0.15) is 56.6 Å². The Morgan fingerprint density at radius 2 is 1.97 bits per heavy atom. The van der Waals surface area contributed by atoms with Gasteiger partial charge in [0, 0.05) is 30.7 Å². The molecule has 6 rings (SSSR count). The average Bonchev–Trinajstić information content (AvgIpc) is 3.59. The molecule has 6 unspecified atom stereocenters. The number of likely N-dealkylation sites (tertiary alicyclic amines) is 1. The molecule has 3 aliphatic carbocycles. The van der Waals surface area contributed by atoms with E-state index in [2.05, 4.69) is 24.0 Å². The first-order chi connectivity index (χ1) is 16.6. The highest BCUT2D eigenvalue weighted by Gasteiger charge is 2.61. The summed E-state index contributed by atoms with van der Waals surface area (Å²) in [4.78, 5) is 2.77. The number of hydrogen-bond donors (Lipinski definition) is 0. The third-order valence-electron chi connectivity index (χ3n) is 9.53. The topological polar surface area (TPSA) is 74.3 Å². The second-order valence-electron chi connectivity index (χ2n) is 12.2. The van der Waals surface area contributed by atoms with E-state index in [0.717, 1.165) is 55.9 Å². The summed E-state index contributed by atoms with van der Waals surface area (Å²) in [6.07, 6.45) is 8.24. The Morgan fingerprint density at radius 3 is 2.66 bits per heavy atom. The zero-order chi connectivity index (χ0) is 24.6. The molecule has 3 fully saturated rings. The summed E-state index contributed by atoms with van der Waals surface area (Å²) in [6, 6.07) is 4.78. The van der Waals surface area contributed by atoms with E-state index in [-0.39, 0.29) is 29.6 Å². The number of hydrogen-bond acceptors (Lipinski definition) is 7. The molecule has 6 atom stereocenters. The van der Waals surface area contributed by atoms with Crippen LogP contribution in [0.25, 0.3) is 0 Å². The van der Waals surface area contributed by atoms with Crippen LogP contribution >= 0.6 is 0 Å². The van der Waals surface area contributed by atoms with Gasteiger partial charge in [-0.2, -0.15) is 8.42 Å². The summed E-state index contributed by atoms with van der Waals surface area (Å²) in [5.74, 6) is 2.96. The molecule has 0 aromatic heterocycles. The van der Waals surface area contributed by atoms with Crippen molar-refractivity contribution in [3.05, 3.63) is 23.3 Å². The molecule has 0 amide bonds. The highest BCUT2D eigenvalue weighted by Crippen LogP contribution is 2.61. The third kappa shape index (κ3) is 4.09. The number of benzene rings is 1. The van der Waals surface area contributed by atoms with E-state index >= 15 is 0 Å². The molecule has 2 heterocycles. The van der Waals surface area contributed by atoms with Gasteiger partial charge < -0.3 is 14.2 Å². The fourth-order valence-corrected chi connectivity index (χ4v) is 8.38. The summed E-state index contributed by atoms with van der Waals surface area (Å²) < 4.78 is 48.2. The molecule has 2 saturated carbocycles. The monoisotopic (exact) mass is 505 g/mol. The first-order valence-corrected chi connectivity index (χ1v) is 14.9. The van der Waals surface area contributed by atoms with E-state index in [4.69, 9.17) is 18.4 Å². The Labute approximate surface area is 209 Å². The Morgan fingerprint density at radius 1 is 1.17 bits per heavy atom. The van der Waals surface area contributed by atoms with Gasteiger partial charge in [0.25, 0.3) is 10.1 Å². The molecule has 2 aliphatic heterocycles. The van der Waals surface area contributed by atoms with Gasteiger partial charge in [0.2, 0.25) is 0 Å². The molecule has 3 bridgehead atoms. The Kier molecular flexibility index (Phi) is 5.72. The smallest absolute Gasteiger partial charge is 0.264 e. The van der Waals surface area contributed by atoms with E-state index in [1.165, 1.54) is 30.5 Å². The first-order valence-electron chi connectivity index (χ1n) is 13.1. The van der Waals surface area contributed by atoms with E-state index < -0.39 is 10.1 Å². The van der Waals surface area contributed by atoms with Crippen molar-refractivity contribution in [3.8, 4) is 11.5 Å². The minimum absolute atomic E-state index is 0.114. The van der Waals surface area contributed by atoms with Gasteiger partial charge in [-0.25, -0.2) is 0 Å². The SMILES string of the molecule is COc1ccc2c3c1OC1C(OC)CC(C)(COS(C)(=O)=O)CC4CC31CCN(CC1CC1)C4C2. The number of methoxy groups -OCH3 is 2. The van der Waals surface area contributed by atoms with Crippen molar-refractivity contribution in [2.24, 2.45) is 17.3 Å². The van der Waals surface area contributed by atoms with Crippen molar-refractivity contribution in [2.45, 2.75) is 75.5 Å². The highest BCUT2D eigenvalue weighted by molar-refractivity contribution is 7.85. The lowest BCUT2D eigenvalue weighted by molar-refractivity contribution is -0.0744. The zero-order valence-corrected chi connectivity index (χ0v) is 22.2. The molecule has 8 heteroatoms. The van der Waals surface area contributed by atoms with Gasteiger partial charge in [0.05, 0.1) is 26.1 Å². The fraction of sp³-hybridized carbons (Fsp3) is 0.778. The molecule has 0 radical (unpaired) electrons. The maximum Gasteiger partial charge on any atom is 0.264 e. The van der Waals surface area contributed by atoms with Crippen molar-refractivity contribution < 1.29 is 26.8 Å². The summed E-state index contributed by atoms with van der Waals surface area (Å²) in [5, 5.41) is 0.